The van der Waals surface area contributed by atoms with Crippen molar-refractivity contribution in [2.75, 3.05) is 4.90 Å². The summed E-state index contributed by atoms with van der Waals surface area (Å²) in [6, 6.07) is 22.0. The van der Waals surface area contributed by atoms with Gasteiger partial charge in [0.2, 0.25) is 5.91 Å². The van der Waals surface area contributed by atoms with Gasteiger partial charge >= 0.3 is 0 Å². The molecule has 0 saturated carbocycles. The van der Waals surface area contributed by atoms with Gasteiger partial charge in [-0.2, -0.15) is 5.26 Å². The zero-order valence-electron chi connectivity index (χ0n) is 11.6. The van der Waals surface area contributed by atoms with Crippen molar-refractivity contribution < 1.29 is 4.79 Å². The molecule has 0 N–H and O–H groups in total. The van der Waals surface area contributed by atoms with Gasteiger partial charge in [-0.3, -0.25) is 4.79 Å². The number of hydrogen-bond donors (Lipinski definition) is 0. The van der Waals surface area contributed by atoms with E-state index in [1.807, 2.05) is 65.6 Å². The molecule has 104 valence electrons. The summed E-state index contributed by atoms with van der Waals surface area (Å²) in [6.07, 6.45) is 1.04. The first-order valence-corrected chi connectivity index (χ1v) is 7.13. The number of amides is 1. The van der Waals surface area contributed by atoms with Crippen molar-refractivity contribution in [1.29, 1.82) is 5.26 Å². The number of benzene rings is 2. The molecule has 3 rings (SSSR count). The van der Waals surface area contributed by atoms with E-state index in [0.29, 0.717) is 12.8 Å². The van der Waals surface area contributed by atoms with Crippen molar-refractivity contribution in [3.8, 4) is 6.07 Å². The Morgan fingerprint density at radius 3 is 2.24 bits per heavy atom. The van der Waals surface area contributed by atoms with E-state index >= 15 is 0 Å². The van der Waals surface area contributed by atoms with Crippen LogP contribution in [0.3, 0.4) is 0 Å². The predicted octanol–water partition coefficient (Wildman–Crippen LogP) is 3.69. The second-order valence-electron chi connectivity index (χ2n) is 5.20. The van der Waals surface area contributed by atoms with Crippen molar-refractivity contribution in [2.45, 2.75) is 18.9 Å². The summed E-state index contributed by atoms with van der Waals surface area (Å²) < 4.78 is 0. The van der Waals surface area contributed by atoms with Crippen molar-refractivity contribution in [3.05, 3.63) is 66.2 Å². The lowest BCUT2D eigenvalue weighted by atomic mass is 9.79. The first-order valence-electron chi connectivity index (χ1n) is 7.13. The van der Waals surface area contributed by atoms with Crippen molar-refractivity contribution in [3.63, 3.8) is 0 Å². The van der Waals surface area contributed by atoms with Gasteiger partial charge in [-0.15, -0.1) is 0 Å². The van der Waals surface area contributed by atoms with Crippen LogP contribution in [-0.2, 0) is 4.79 Å². The summed E-state index contributed by atoms with van der Waals surface area (Å²) >= 11 is 0. The number of β-lactam (4-membered cyclic amide) rings is 1. The number of nitrogens with zero attached hydrogens (tertiary/aromatic N) is 2. The zero-order valence-corrected chi connectivity index (χ0v) is 11.6. The molecule has 3 nitrogen and oxygen atoms in total. The molecule has 3 heteroatoms. The SMILES string of the molecule is N#CCC[C@H]1C(=O)N(c2ccccc2)[C@@H]1c1ccccc1. The molecule has 1 aliphatic rings. The normalized spacial score (nSPS) is 20.7. The van der Waals surface area contributed by atoms with E-state index in [0.717, 1.165) is 11.3 Å². The lowest BCUT2D eigenvalue weighted by Crippen LogP contribution is -2.55. The van der Waals surface area contributed by atoms with Gasteiger partial charge in [0.05, 0.1) is 18.0 Å². The highest BCUT2D eigenvalue weighted by Crippen LogP contribution is 2.45. The minimum Gasteiger partial charge on any atom is -0.304 e. The first-order chi connectivity index (χ1) is 10.3. The van der Waals surface area contributed by atoms with Gasteiger partial charge in [0.25, 0.3) is 0 Å². The van der Waals surface area contributed by atoms with Gasteiger partial charge in [0.15, 0.2) is 0 Å². The van der Waals surface area contributed by atoms with Crippen LogP contribution in [0.1, 0.15) is 24.4 Å². The molecule has 2 atom stereocenters. The molecule has 0 aliphatic carbocycles. The van der Waals surface area contributed by atoms with E-state index in [-0.39, 0.29) is 17.9 Å². The van der Waals surface area contributed by atoms with Gasteiger partial charge in [-0.25, -0.2) is 0 Å². The molecule has 1 aliphatic heterocycles. The van der Waals surface area contributed by atoms with Crippen LogP contribution in [0.4, 0.5) is 5.69 Å². The maximum atomic E-state index is 12.5. The van der Waals surface area contributed by atoms with E-state index in [1.165, 1.54) is 0 Å². The van der Waals surface area contributed by atoms with Crippen LogP contribution in [0.2, 0.25) is 0 Å². The summed E-state index contributed by atoms with van der Waals surface area (Å²) in [5, 5.41) is 8.79. The predicted molar refractivity (Wildman–Crippen MR) is 81.4 cm³/mol. The number of carbonyl (C=O) groups excluding carboxylic acids is 1. The lowest BCUT2D eigenvalue weighted by molar-refractivity contribution is -0.130. The van der Waals surface area contributed by atoms with Gasteiger partial charge in [-0.05, 0) is 24.1 Å². The first kappa shape index (κ1) is 13.4. The number of anilines is 1. The van der Waals surface area contributed by atoms with E-state index in [9.17, 15) is 4.79 Å². The molecule has 0 spiro atoms. The molecule has 2 aromatic carbocycles. The largest absolute Gasteiger partial charge is 0.304 e. The molecule has 0 unspecified atom stereocenters. The van der Waals surface area contributed by atoms with Crippen LogP contribution in [0.25, 0.3) is 0 Å². The fourth-order valence-electron chi connectivity index (χ4n) is 2.96. The Hall–Kier alpha value is -2.60. The molecule has 1 saturated heterocycles. The highest BCUT2D eigenvalue weighted by Gasteiger charge is 2.48. The van der Waals surface area contributed by atoms with Crippen molar-refractivity contribution in [2.24, 2.45) is 5.92 Å². The number of carbonyl (C=O) groups is 1. The molecule has 21 heavy (non-hydrogen) atoms. The summed E-state index contributed by atoms with van der Waals surface area (Å²) in [6.45, 7) is 0. The minimum atomic E-state index is -0.0905. The van der Waals surface area contributed by atoms with Crippen LogP contribution < -0.4 is 4.90 Å². The third kappa shape index (κ3) is 2.41. The second-order valence-corrected chi connectivity index (χ2v) is 5.20. The Bertz CT molecular complexity index is 661. The maximum absolute atomic E-state index is 12.5. The van der Waals surface area contributed by atoms with Gasteiger partial charge in [0, 0.05) is 12.1 Å². The minimum absolute atomic E-state index is 0.0365. The third-order valence-corrected chi connectivity index (χ3v) is 3.96. The van der Waals surface area contributed by atoms with E-state index in [4.69, 9.17) is 5.26 Å². The molecule has 0 bridgehead atoms. The monoisotopic (exact) mass is 276 g/mol. The van der Waals surface area contributed by atoms with E-state index in [1.54, 1.807) is 0 Å². The van der Waals surface area contributed by atoms with Crippen LogP contribution in [0.5, 0.6) is 0 Å². The summed E-state index contributed by atoms with van der Waals surface area (Å²) in [5.41, 5.74) is 2.05. The molecule has 1 amide bonds. The Morgan fingerprint density at radius 2 is 1.62 bits per heavy atom. The Balaban J connectivity index is 1.93. The molecule has 1 heterocycles. The fourth-order valence-corrected chi connectivity index (χ4v) is 2.96. The topological polar surface area (TPSA) is 44.1 Å². The van der Waals surface area contributed by atoms with Crippen molar-refractivity contribution >= 4 is 11.6 Å². The number of para-hydroxylation sites is 1. The Labute approximate surface area is 124 Å². The Morgan fingerprint density at radius 1 is 1.00 bits per heavy atom. The molecule has 2 aromatic rings. The van der Waals surface area contributed by atoms with Crippen LogP contribution >= 0.6 is 0 Å². The van der Waals surface area contributed by atoms with Crippen LogP contribution in [0, 0.1) is 17.2 Å². The average Bonchev–Trinajstić information content (AvgIpc) is 2.54. The van der Waals surface area contributed by atoms with Crippen LogP contribution in [0.15, 0.2) is 60.7 Å². The number of rotatable bonds is 4. The van der Waals surface area contributed by atoms with E-state index < -0.39 is 0 Å². The summed E-state index contributed by atoms with van der Waals surface area (Å²) in [5.74, 6) is 0.0255. The quantitative estimate of drug-likeness (QED) is 0.799. The van der Waals surface area contributed by atoms with Gasteiger partial charge in [-0.1, -0.05) is 48.5 Å². The summed E-state index contributed by atoms with van der Waals surface area (Å²) in [4.78, 5) is 14.3. The molecular formula is C18H16N2O. The van der Waals surface area contributed by atoms with Crippen molar-refractivity contribution in [1.82, 2.24) is 0 Å². The molecule has 0 radical (unpaired) electrons. The third-order valence-electron chi connectivity index (χ3n) is 3.96. The maximum Gasteiger partial charge on any atom is 0.233 e. The van der Waals surface area contributed by atoms with E-state index in [2.05, 4.69) is 6.07 Å². The molecular weight excluding hydrogens is 260 g/mol. The Kier molecular flexibility index (Phi) is 3.70. The average molecular weight is 276 g/mol. The second kappa shape index (κ2) is 5.80. The molecule has 0 aromatic heterocycles. The number of hydrogen-bond acceptors (Lipinski definition) is 2. The number of nitriles is 1. The fraction of sp³-hybridized carbons (Fsp3) is 0.222. The smallest absolute Gasteiger partial charge is 0.233 e. The molecule has 1 fully saturated rings. The van der Waals surface area contributed by atoms with Gasteiger partial charge in [0.1, 0.15) is 0 Å². The summed E-state index contributed by atoms with van der Waals surface area (Å²) in [7, 11) is 0. The standard InChI is InChI=1S/C18H16N2O/c19-13-7-12-16-17(14-8-3-1-4-9-14)20(18(16)21)15-10-5-2-6-11-15/h1-6,8-11,16-17H,7,12H2/t16-,17-/m1/s1. The van der Waals surface area contributed by atoms with Crippen LogP contribution in [-0.4, -0.2) is 5.91 Å². The zero-order chi connectivity index (χ0) is 14.7. The highest BCUT2D eigenvalue weighted by molar-refractivity contribution is 6.03. The lowest BCUT2D eigenvalue weighted by Gasteiger charge is -2.47. The van der Waals surface area contributed by atoms with Gasteiger partial charge < -0.3 is 4.90 Å². The highest BCUT2D eigenvalue weighted by atomic mass is 16.2.